The summed E-state index contributed by atoms with van der Waals surface area (Å²) < 4.78 is 5.22. The zero-order valence-electron chi connectivity index (χ0n) is 21.0. The second kappa shape index (κ2) is 13.3. The van der Waals surface area contributed by atoms with Gasteiger partial charge < -0.3 is 19.9 Å². The van der Waals surface area contributed by atoms with Gasteiger partial charge in [-0.1, -0.05) is 54.1 Å². The van der Waals surface area contributed by atoms with Gasteiger partial charge in [0.15, 0.2) is 0 Å². The molecule has 1 aliphatic rings. The summed E-state index contributed by atoms with van der Waals surface area (Å²) in [6.45, 7) is 4.45. The maximum absolute atomic E-state index is 13.2. The number of piperidine rings is 1. The van der Waals surface area contributed by atoms with Crippen LogP contribution in [0.1, 0.15) is 30.4 Å². The van der Waals surface area contributed by atoms with Crippen LogP contribution in [0.3, 0.4) is 0 Å². The van der Waals surface area contributed by atoms with E-state index in [0.717, 1.165) is 49.0 Å². The van der Waals surface area contributed by atoms with Gasteiger partial charge in [-0.15, -0.1) is 0 Å². The van der Waals surface area contributed by atoms with E-state index in [1.165, 1.54) is 24.8 Å². The third-order valence-corrected chi connectivity index (χ3v) is 7.10. The Morgan fingerprint density at radius 3 is 2.42 bits per heavy atom. The largest absolute Gasteiger partial charge is 0.497 e. The number of ether oxygens (including phenoxy) is 1. The highest BCUT2D eigenvalue weighted by Gasteiger charge is 2.20. The Labute approximate surface area is 220 Å². The summed E-state index contributed by atoms with van der Waals surface area (Å²) in [7, 11) is 1.63. The lowest BCUT2D eigenvalue weighted by Gasteiger charge is -2.32. The van der Waals surface area contributed by atoms with Crippen molar-refractivity contribution in [3.8, 4) is 5.75 Å². The number of hydrogen-bond acceptors (Lipinski definition) is 3. The number of hydrogen-bond donors (Lipinski definition) is 1. The molecule has 0 saturated carbocycles. The number of anilines is 1. The van der Waals surface area contributed by atoms with E-state index < -0.39 is 0 Å². The molecule has 1 heterocycles. The third-order valence-electron chi connectivity index (χ3n) is 6.87. The van der Waals surface area contributed by atoms with Crippen molar-refractivity contribution in [3.63, 3.8) is 0 Å². The van der Waals surface area contributed by atoms with Gasteiger partial charge in [-0.05, 0) is 98.8 Å². The van der Waals surface area contributed by atoms with E-state index in [2.05, 4.69) is 40.5 Å². The molecule has 0 bridgehead atoms. The van der Waals surface area contributed by atoms with Crippen molar-refractivity contribution in [2.45, 2.75) is 32.2 Å². The van der Waals surface area contributed by atoms with Crippen molar-refractivity contribution in [1.29, 1.82) is 0 Å². The summed E-state index contributed by atoms with van der Waals surface area (Å²) >= 11 is 6.20. The maximum atomic E-state index is 13.2. The molecule has 1 N–H and O–H groups in total. The molecular formula is C30H36ClN3O2. The molecule has 190 valence electrons. The van der Waals surface area contributed by atoms with Crippen LogP contribution in [0, 0.1) is 5.92 Å². The van der Waals surface area contributed by atoms with Crippen molar-refractivity contribution < 1.29 is 9.53 Å². The average molecular weight is 506 g/mol. The van der Waals surface area contributed by atoms with Gasteiger partial charge in [0, 0.05) is 23.8 Å². The van der Waals surface area contributed by atoms with Gasteiger partial charge in [0.2, 0.25) is 0 Å². The number of carbonyl (C=O) groups is 1. The standard InChI is InChI=1S/C30H36ClN3O2/c1-36-29-13-11-28(12-14-29)32-30(35)34(23-26-9-5-10-27(31)22-26)18-6-17-33-19-15-25(16-20-33)21-24-7-3-2-4-8-24/h2-5,7-14,22,25H,6,15-21,23H2,1H3,(H,32,35). The summed E-state index contributed by atoms with van der Waals surface area (Å²) in [5, 5.41) is 3.71. The van der Waals surface area contributed by atoms with E-state index in [-0.39, 0.29) is 6.03 Å². The molecule has 1 fully saturated rings. The molecule has 4 rings (SSSR count). The lowest BCUT2D eigenvalue weighted by Crippen LogP contribution is -2.39. The second-order valence-corrected chi connectivity index (χ2v) is 9.97. The first kappa shape index (κ1) is 26.1. The van der Waals surface area contributed by atoms with E-state index in [1.807, 2.05) is 53.4 Å². The van der Waals surface area contributed by atoms with Crippen LogP contribution in [-0.2, 0) is 13.0 Å². The van der Waals surface area contributed by atoms with Gasteiger partial charge in [0.25, 0.3) is 0 Å². The maximum Gasteiger partial charge on any atom is 0.322 e. The Kier molecular flexibility index (Phi) is 9.65. The predicted octanol–water partition coefficient (Wildman–Crippen LogP) is 6.73. The summed E-state index contributed by atoms with van der Waals surface area (Å²) in [6, 6.07) is 25.8. The molecule has 5 nitrogen and oxygen atoms in total. The molecule has 0 unspecified atom stereocenters. The number of likely N-dealkylation sites (tertiary alicyclic amines) is 1. The van der Waals surface area contributed by atoms with E-state index >= 15 is 0 Å². The number of rotatable bonds is 10. The van der Waals surface area contributed by atoms with Crippen LogP contribution < -0.4 is 10.1 Å². The fourth-order valence-corrected chi connectivity index (χ4v) is 5.04. The number of urea groups is 1. The lowest BCUT2D eigenvalue weighted by atomic mass is 9.90. The van der Waals surface area contributed by atoms with E-state index in [0.29, 0.717) is 18.1 Å². The number of halogens is 1. The first-order valence-corrected chi connectivity index (χ1v) is 13.2. The Hall–Kier alpha value is -3.02. The quantitative estimate of drug-likeness (QED) is 0.332. The summed E-state index contributed by atoms with van der Waals surface area (Å²) in [5.74, 6) is 1.52. The van der Waals surface area contributed by atoms with E-state index in [1.54, 1.807) is 7.11 Å². The first-order chi connectivity index (χ1) is 17.6. The van der Waals surface area contributed by atoms with E-state index in [9.17, 15) is 4.79 Å². The van der Waals surface area contributed by atoms with Gasteiger partial charge in [0.05, 0.1) is 7.11 Å². The summed E-state index contributed by atoms with van der Waals surface area (Å²) in [4.78, 5) is 17.6. The van der Waals surface area contributed by atoms with Crippen LogP contribution in [0.5, 0.6) is 5.75 Å². The first-order valence-electron chi connectivity index (χ1n) is 12.8. The Morgan fingerprint density at radius 2 is 1.72 bits per heavy atom. The molecule has 2 amide bonds. The number of carbonyl (C=O) groups excluding carboxylic acids is 1. The minimum atomic E-state index is -0.110. The zero-order valence-corrected chi connectivity index (χ0v) is 21.8. The number of benzene rings is 3. The van der Waals surface area contributed by atoms with Crippen LogP contribution in [0.2, 0.25) is 5.02 Å². The van der Waals surface area contributed by atoms with Crippen molar-refractivity contribution in [3.05, 3.63) is 95.0 Å². The minimum Gasteiger partial charge on any atom is -0.497 e. The molecule has 0 aliphatic carbocycles. The third kappa shape index (κ3) is 8.00. The Bertz CT molecular complexity index is 1080. The summed E-state index contributed by atoms with van der Waals surface area (Å²) in [6.07, 6.45) is 4.58. The van der Waals surface area contributed by atoms with Crippen LogP contribution in [0.4, 0.5) is 10.5 Å². The number of nitrogens with zero attached hydrogens (tertiary/aromatic N) is 2. The molecule has 0 radical (unpaired) electrons. The number of methoxy groups -OCH3 is 1. The highest BCUT2D eigenvalue weighted by atomic mass is 35.5. The van der Waals surface area contributed by atoms with Crippen molar-refractivity contribution in [2.24, 2.45) is 5.92 Å². The smallest absolute Gasteiger partial charge is 0.322 e. The Balaban J connectivity index is 1.29. The molecule has 0 aromatic heterocycles. The van der Waals surface area contributed by atoms with Crippen LogP contribution in [0.15, 0.2) is 78.9 Å². The number of amides is 2. The number of nitrogens with one attached hydrogen (secondary N) is 1. The summed E-state index contributed by atoms with van der Waals surface area (Å²) in [5.41, 5.74) is 3.21. The SMILES string of the molecule is COc1ccc(NC(=O)N(CCCN2CCC(Cc3ccccc3)CC2)Cc2cccc(Cl)c2)cc1. The molecule has 0 spiro atoms. The predicted molar refractivity (Wildman–Crippen MR) is 148 cm³/mol. The van der Waals surface area contributed by atoms with Crippen molar-refractivity contribution in [2.75, 3.05) is 38.6 Å². The van der Waals surface area contributed by atoms with Crippen molar-refractivity contribution >= 4 is 23.3 Å². The highest BCUT2D eigenvalue weighted by molar-refractivity contribution is 6.30. The minimum absolute atomic E-state index is 0.110. The molecule has 6 heteroatoms. The monoisotopic (exact) mass is 505 g/mol. The van der Waals surface area contributed by atoms with E-state index in [4.69, 9.17) is 16.3 Å². The topological polar surface area (TPSA) is 44.8 Å². The molecule has 1 saturated heterocycles. The normalized spacial score (nSPS) is 14.4. The van der Waals surface area contributed by atoms with Gasteiger partial charge in [-0.3, -0.25) is 0 Å². The van der Waals surface area contributed by atoms with Crippen molar-refractivity contribution in [1.82, 2.24) is 9.80 Å². The van der Waals surface area contributed by atoms with Gasteiger partial charge in [0.1, 0.15) is 5.75 Å². The fourth-order valence-electron chi connectivity index (χ4n) is 4.83. The van der Waals surface area contributed by atoms with Crippen LogP contribution in [-0.4, -0.2) is 49.1 Å². The fraction of sp³-hybridized carbons (Fsp3) is 0.367. The molecular weight excluding hydrogens is 470 g/mol. The molecule has 1 aliphatic heterocycles. The lowest BCUT2D eigenvalue weighted by molar-refractivity contribution is 0.170. The second-order valence-electron chi connectivity index (χ2n) is 9.54. The van der Waals surface area contributed by atoms with Crippen LogP contribution in [0.25, 0.3) is 0 Å². The van der Waals surface area contributed by atoms with Crippen LogP contribution >= 0.6 is 11.6 Å². The average Bonchev–Trinajstić information content (AvgIpc) is 2.90. The highest BCUT2D eigenvalue weighted by Crippen LogP contribution is 2.22. The zero-order chi connectivity index (χ0) is 25.2. The molecule has 36 heavy (non-hydrogen) atoms. The van der Waals surface area contributed by atoms with Gasteiger partial charge in [-0.25, -0.2) is 4.79 Å². The van der Waals surface area contributed by atoms with Gasteiger partial charge in [-0.2, -0.15) is 0 Å². The van der Waals surface area contributed by atoms with Gasteiger partial charge >= 0.3 is 6.03 Å². The molecule has 3 aromatic carbocycles. The molecule has 0 atom stereocenters. The molecule has 3 aromatic rings. The Morgan fingerprint density at radius 1 is 1.00 bits per heavy atom.